The first kappa shape index (κ1) is 17.5. The molecule has 0 spiro atoms. The molecule has 25 heavy (non-hydrogen) atoms. The van der Waals surface area contributed by atoms with E-state index in [2.05, 4.69) is 34.9 Å². The van der Waals surface area contributed by atoms with E-state index in [1.54, 1.807) is 0 Å². The highest BCUT2D eigenvalue weighted by Gasteiger charge is 2.22. The molecule has 1 fully saturated rings. The number of nitrogens with one attached hydrogen (secondary N) is 1. The fraction of sp³-hybridized carbons (Fsp3) is 0.500. The largest absolute Gasteiger partial charge is 0.379 e. The molecule has 5 heteroatoms. The Labute approximate surface area is 150 Å². The van der Waals surface area contributed by atoms with Crippen molar-refractivity contribution in [1.29, 1.82) is 0 Å². The molecule has 3 rings (SSSR count). The number of hydrogen-bond donors (Lipinski definition) is 1. The summed E-state index contributed by atoms with van der Waals surface area (Å²) >= 11 is 0. The quantitative estimate of drug-likeness (QED) is 0.903. The van der Waals surface area contributed by atoms with Crippen molar-refractivity contribution in [3.05, 3.63) is 47.5 Å². The molecule has 1 saturated heterocycles. The smallest absolute Gasteiger partial charge is 0.253 e. The maximum atomic E-state index is 12.7. The van der Waals surface area contributed by atoms with Gasteiger partial charge in [-0.3, -0.25) is 4.79 Å². The Morgan fingerprint density at radius 1 is 1.40 bits per heavy atom. The molecule has 1 atom stereocenters. The lowest BCUT2D eigenvalue weighted by atomic mass is 9.99. The molecule has 0 radical (unpaired) electrons. The van der Waals surface area contributed by atoms with Crippen molar-refractivity contribution in [1.82, 2.24) is 14.5 Å². The SMILES string of the molecule is CCn1cnc(CNc2ccc(C(=O)N3CCCC(C)C3)cc2C)c1. The van der Waals surface area contributed by atoms with Gasteiger partial charge >= 0.3 is 0 Å². The summed E-state index contributed by atoms with van der Waals surface area (Å²) in [4.78, 5) is 19.1. The molecule has 1 N–H and O–H groups in total. The second-order valence-corrected chi connectivity index (χ2v) is 7.08. The van der Waals surface area contributed by atoms with Gasteiger partial charge in [-0.1, -0.05) is 6.92 Å². The Bertz CT molecular complexity index is 737. The zero-order valence-electron chi connectivity index (χ0n) is 15.5. The fourth-order valence-electron chi connectivity index (χ4n) is 3.41. The second-order valence-electron chi connectivity index (χ2n) is 7.08. The van der Waals surface area contributed by atoms with Gasteiger partial charge in [-0.05, 0) is 56.4 Å². The van der Waals surface area contributed by atoms with Gasteiger partial charge in [0.25, 0.3) is 5.91 Å². The number of aryl methyl sites for hydroxylation is 2. The minimum Gasteiger partial charge on any atom is -0.379 e. The molecule has 0 aliphatic carbocycles. The highest BCUT2D eigenvalue weighted by atomic mass is 16.2. The van der Waals surface area contributed by atoms with Crippen molar-refractivity contribution in [2.45, 2.75) is 46.7 Å². The molecule has 1 amide bonds. The van der Waals surface area contributed by atoms with Crippen LogP contribution in [0.15, 0.2) is 30.7 Å². The van der Waals surface area contributed by atoms with Crippen LogP contribution in [0.25, 0.3) is 0 Å². The van der Waals surface area contributed by atoms with Crippen molar-refractivity contribution >= 4 is 11.6 Å². The summed E-state index contributed by atoms with van der Waals surface area (Å²) in [6, 6.07) is 5.93. The van der Waals surface area contributed by atoms with Gasteiger partial charge in [0.05, 0.1) is 18.6 Å². The monoisotopic (exact) mass is 340 g/mol. The standard InChI is InChI=1S/C20H28N4O/c1-4-23-13-18(22-14-23)11-21-19-8-7-17(10-16(19)3)20(25)24-9-5-6-15(2)12-24/h7-8,10,13-15,21H,4-6,9,11-12H2,1-3H3. The highest BCUT2D eigenvalue weighted by molar-refractivity contribution is 5.95. The van der Waals surface area contributed by atoms with Crippen LogP contribution in [0, 0.1) is 12.8 Å². The van der Waals surface area contributed by atoms with Gasteiger partial charge in [0.1, 0.15) is 0 Å². The summed E-state index contributed by atoms with van der Waals surface area (Å²) in [5.74, 6) is 0.755. The van der Waals surface area contributed by atoms with Crippen LogP contribution in [0.4, 0.5) is 5.69 Å². The molecule has 0 bridgehead atoms. The molecular weight excluding hydrogens is 312 g/mol. The van der Waals surface area contributed by atoms with Crippen LogP contribution in [0.3, 0.4) is 0 Å². The molecule has 1 aliphatic heterocycles. The number of anilines is 1. The summed E-state index contributed by atoms with van der Waals surface area (Å²) < 4.78 is 2.06. The third-order valence-corrected chi connectivity index (χ3v) is 4.93. The number of carbonyl (C=O) groups excluding carboxylic acids is 1. The van der Waals surface area contributed by atoms with E-state index in [9.17, 15) is 4.79 Å². The highest BCUT2D eigenvalue weighted by Crippen LogP contribution is 2.21. The van der Waals surface area contributed by atoms with Gasteiger partial charge in [-0.2, -0.15) is 0 Å². The van der Waals surface area contributed by atoms with Gasteiger partial charge in [-0.15, -0.1) is 0 Å². The molecule has 1 aliphatic rings. The Morgan fingerprint density at radius 2 is 2.24 bits per heavy atom. The zero-order valence-corrected chi connectivity index (χ0v) is 15.5. The van der Waals surface area contributed by atoms with E-state index in [0.29, 0.717) is 12.5 Å². The average Bonchev–Trinajstić information content (AvgIpc) is 3.08. The second kappa shape index (κ2) is 7.72. The Morgan fingerprint density at radius 3 is 2.92 bits per heavy atom. The van der Waals surface area contributed by atoms with E-state index in [4.69, 9.17) is 0 Å². The summed E-state index contributed by atoms with van der Waals surface area (Å²) in [5, 5.41) is 3.42. The van der Waals surface area contributed by atoms with Crippen molar-refractivity contribution in [3.63, 3.8) is 0 Å². The van der Waals surface area contributed by atoms with Crippen LogP contribution < -0.4 is 5.32 Å². The van der Waals surface area contributed by atoms with Gasteiger partial charge in [-0.25, -0.2) is 4.98 Å². The maximum Gasteiger partial charge on any atom is 0.253 e. The summed E-state index contributed by atoms with van der Waals surface area (Å²) in [6.45, 7) is 9.73. The van der Waals surface area contributed by atoms with Crippen LogP contribution >= 0.6 is 0 Å². The van der Waals surface area contributed by atoms with Crippen LogP contribution in [-0.4, -0.2) is 33.4 Å². The lowest BCUT2D eigenvalue weighted by molar-refractivity contribution is 0.0683. The van der Waals surface area contributed by atoms with Crippen molar-refractivity contribution in [2.24, 2.45) is 5.92 Å². The molecule has 1 aromatic heterocycles. The van der Waals surface area contributed by atoms with E-state index < -0.39 is 0 Å². The summed E-state index contributed by atoms with van der Waals surface area (Å²) in [5.41, 5.74) is 3.94. The number of nitrogens with zero attached hydrogens (tertiary/aromatic N) is 3. The first-order valence-corrected chi connectivity index (χ1v) is 9.21. The van der Waals surface area contributed by atoms with E-state index >= 15 is 0 Å². The van der Waals surface area contributed by atoms with E-state index in [-0.39, 0.29) is 5.91 Å². The molecule has 1 unspecified atom stereocenters. The minimum atomic E-state index is 0.155. The van der Waals surface area contributed by atoms with Gasteiger partial charge in [0.2, 0.25) is 0 Å². The number of aromatic nitrogens is 2. The first-order chi connectivity index (χ1) is 12.1. The molecule has 5 nitrogen and oxygen atoms in total. The fourth-order valence-corrected chi connectivity index (χ4v) is 3.41. The molecule has 134 valence electrons. The van der Waals surface area contributed by atoms with Gasteiger partial charge < -0.3 is 14.8 Å². The third-order valence-electron chi connectivity index (χ3n) is 4.93. The number of imidazole rings is 1. The summed E-state index contributed by atoms with van der Waals surface area (Å²) in [7, 11) is 0. The van der Waals surface area contributed by atoms with Gasteiger partial charge in [0.15, 0.2) is 0 Å². The number of likely N-dealkylation sites (tertiary alicyclic amines) is 1. The van der Waals surface area contributed by atoms with E-state index in [1.807, 2.05) is 36.4 Å². The molecule has 0 saturated carbocycles. The van der Waals surface area contributed by atoms with Gasteiger partial charge in [0, 0.05) is 37.1 Å². The number of piperidine rings is 1. The topological polar surface area (TPSA) is 50.2 Å². The van der Waals surface area contributed by atoms with Crippen molar-refractivity contribution < 1.29 is 4.79 Å². The number of carbonyl (C=O) groups is 1. The third kappa shape index (κ3) is 4.21. The summed E-state index contributed by atoms with van der Waals surface area (Å²) in [6.07, 6.45) is 6.23. The average molecular weight is 340 g/mol. The van der Waals surface area contributed by atoms with Crippen LogP contribution in [0.2, 0.25) is 0 Å². The van der Waals surface area contributed by atoms with Crippen LogP contribution in [0.5, 0.6) is 0 Å². The zero-order chi connectivity index (χ0) is 17.8. The van der Waals surface area contributed by atoms with Crippen LogP contribution in [-0.2, 0) is 13.1 Å². The first-order valence-electron chi connectivity index (χ1n) is 9.21. The maximum absolute atomic E-state index is 12.7. The number of benzene rings is 1. The molecule has 1 aromatic carbocycles. The number of hydrogen-bond acceptors (Lipinski definition) is 3. The van der Waals surface area contributed by atoms with E-state index in [0.717, 1.165) is 48.6 Å². The predicted molar refractivity (Wildman–Crippen MR) is 101 cm³/mol. The van der Waals surface area contributed by atoms with Crippen LogP contribution in [0.1, 0.15) is 48.3 Å². The molecule has 2 heterocycles. The number of rotatable bonds is 5. The Hall–Kier alpha value is -2.30. The Balaban J connectivity index is 1.64. The minimum absolute atomic E-state index is 0.155. The van der Waals surface area contributed by atoms with E-state index in [1.165, 1.54) is 6.42 Å². The molecule has 2 aromatic rings. The van der Waals surface area contributed by atoms with Crippen molar-refractivity contribution in [3.8, 4) is 0 Å². The Kier molecular flexibility index (Phi) is 5.41. The lowest BCUT2D eigenvalue weighted by Crippen LogP contribution is -2.39. The molecular formula is C20H28N4O. The lowest BCUT2D eigenvalue weighted by Gasteiger charge is -2.31. The van der Waals surface area contributed by atoms with Crippen molar-refractivity contribution in [2.75, 3.05) is 18.4 Å². The number of amides is 1. The normalized spacial score (nSPS) is 17.6. The predicted octanol–water partition coefficient (Wildman–Crippen LogP) is 3.70.